The largest absolute Gasteiger partial charge is 0.315 e. The van der Waals surface area contributed by atoms with E-state index in [1.54, 1.807) is 18.3 Å². The van der Waals surface area contributed by atoms with Crippen LogP contribution in [0.2, 0.25) is 0 Å². The van der Waals surface area contributed by atoms with Gasteiger partial charge in [-0.15, -0.1) is 0 Å². The van der Waals surface area contributed by atoms with Gasteiger partial charge in [0.1, 0.15) is 5.82 Å². The van der Waals surface area contributed by atoms with E-state index in [-0.39, 0.29) is 5.82 Å². The maximum atomic E-state index is 13.0. The van der Waals surface area contributed by atoms with E-state index in [4.69, 9.17) is 0 Å². The molecule has 1 fully saturated rings. The minimum atomic E-state index is -0.221. The molecule has 0 amide bonds. The molecule has 0 atom stereocenters. The molecule has 20 heavy (non-hydrogen) atoms. The van der Waals surface area contributed by atoms with Crippen molar-refractivity contribution in [1.29, 1.82) is 0 Å². The van der Waals surface area contributed by atoms with E-state index in [2.05, 4.69) is 15.3 Å². The summed E-state index contributed by atoms with van der Waals surface area (Å²) in [5, 5.41) is 7.76. The number of benzene rings is 1. The van der Waals surface area contributed by atoms with Crippen LogP contribution in [-0.2, 0) is 6.54 Å². The van der Waals surface area contributed by atoms with Gasteiger partial charge in [-0.25, -0.2) is 9.07 Å². The first-order valence-corrected chi connectivity index (χ1v) is 7.05. The maximum absolute atomic E-state index is 13.0. The van der Waals surface area contributed by atoms with E-state index in [0.29, 0.717) is 0 Å². The number of nitrogens with one attached hydrogen (secondary N) is 1. The summed E-state index contributed by atoms with van der Waals surface area (Å²) in [4.78, 5) is 2.43. The third-order valence-electron chi connectivity index (χ3n) is 3.61. The molecule has 0 saturated carbocycles. The van der Waals surface area contributed by atoms with Crippen LogP contribution >= 0.6 is 0 Å². The van der Waals surface area contributed by atoms with Crippen molar-refractivity contribution >= 4 is 0 Å². The molecule has 2 aromatic rings. The van der Waals surface area contributed by atoms with Crippen LogP contribution in [0.15, 0.2) is 36.5 Å². The van der Waals surface area contributed by atoms with Crippen molar-refractivity contribution < 1.29 is 4.39 Å². The molecule has 0 aliphatic carbocycles. The normalized spacial score (nSPS) is 17.1. The van der Waals surface area contributed by atoms with E-state index >= 15 is 0 Å². The van der Waals surface area contributed by atoms with Crippen molar-refractivity contribution in [3.8, 4) is 5.69 Å². The topological polar surface area (TPSA) is 33.1 Å². The number of aromatic nitrogens is 2. The molecular formula is C15H19FN4. The van der Waals surface area contributed by atoms with Gasteiger partial charge in [-0.3, -0.25) is 4.90 Å². The summed E-state index contributed by atoms with van der Waals surface area (Å²) in [5.74, 6) is -0.221. The van der Waals surface area contributed by atoms with Gasteiger partial charge in [-0.2, -0.15) is 5.10 Å². The second kappa shape index (κ2) is 6.15. The number of nitrogens with zero attached hydrogens (tertiary/aromatic N) is 3. The Bertz CT molecular complexity index is 541. The van der Waals surface area contributed by atoms with Crippen LogP contribution in [0.25, 0.3) is 5.69 Å². The zero-order valence-corrected chi connectivity index (χ0v) is 11.4. The smallest absolute Gasteiger partial charge is 0.123 e. The SMILES string of the molecule is Fc1ccc(-n2nccc2CN2CCCNCC2)cc1. The molecule has 3 rings (SSSR count). The van der Waals surface area contributed by atoms with Gasteiger partial charge in [0, 0.05) is 25.8 Å². The minimum absolute atomic E-state index is 0.221. The molecule has 1 saturated heterocycles. The first-order chi connectivity index (χ1) is 9.83. The summed E-state index contributed by atoms with van der Waals surface area (Å²) in [6, 6.07) is 8.49. The van der Waals surface area contributed by atoms with Crippen molar-refractivity contribution in [3.63, 3.8) is 0 Å². The Kier molecular flexibility index (Phi) is 4.08. The molecule has 1 aromatic carbocycles. The fourth-order valence-corrected chi connectivity index (χ4v) is 2.55. The lowest BCUT2D eigenvalue weighted by Gasteiger charge is -2.19. The zero-order chi connectivity index (χ0) is 13.8. The van der Waals surface area contributed by atoms with E-state index in [1.807, 2.05) is 10.7 Å². The van der Waals surface area contributed by atoms with Crippen molar-refractivity contribution in [3.05, 3.63) is 48.0 Å². The highest BCUT2D eigenvalue weighted by atomic mass is 19.1. The molecule has 0 spiro atoms. The highest BCUT2D eigenvalue weighted by Gasteiger charge is 2.12. The third-order valence-corrected chi connectivity index (χ3v) is 3.61. The monoisotopic (exact) mass is 274 g/mol. The van der Waals surface area contributed by atoms with Crippen LogP contribution in [-0.4, -0.2) is 40.9 Å². The molecule has 0 bridgehead atoms. The molecule has 1 N–H and O–H groups in total. The summed E-state index contributed by atoms with van der Waals surface area (Å²) in [6.07, 6.45) is 2.97. The van der Waals surface area contributed by atoms with Crippen LogP contribution in [0.5, 0.6) is 0 Å². The molecule has 4 nitrogen and oxygen atoms in total. The minimum Gasteiger partial charge on any atom is -0.315 e. The van der Waals surface area contributed by atoms with Crippen LogP contribution < -0.4 is 5.32 Å². The second-order valence-corrected chi connectivity index (χ2v) is 5.09. The maximum Gasteiger partial charge on any atom is 0.123 e. The fourth-order valence-electron chi connectivity index (χ4n) is 2.55. The Hall–Kier alpha value is -1.72. The number of halogens is 1. The highest BCUT2D eigenvalue weighted by Crippen LogP contribution is 2.13. The number of rotatable bonds is 3. The summed E-state index contributed by atoms with van der Waals surface area (Å²) in [5.41, 5.74) is 2.04. The molecule has 1 aliphatic rings. The van der Waals surface area contributed by atoms with E-state index < -0.39 is 0 Å². The third kappa shape index (κ3) is 3.05. The Balaban J connectivity index is 1.77. The van der Waals surface area contributed by atoms with Crippen molar-refractivity contribution in [2.24, 2.45) is 0 Å². The van der Waals surface area contributed by atoms with Gasteiger partial charge in [0.15, 0.2) is 0 Å². The molecule has 5 heteroatoms. The number of hydrogen-bond acceptors (Lipinski definition) is 3. The lowest BCUT2D eigenvalue weighted by atomic mass is 10.3. The van der Waals surface area contributed by atoms with E-state index in [1.165, 1.54) is 18.6 Å². The summed E-state index contributed by atoms with van der Waals surface area (Å²) in [6.45, 7) is 5.15. The first kappa shape index (κ1) is 13.3. The Labute approximate surface area is 118 Å². The molecular weight excluding hydrogens is 255 g/mol. The van der Waals surface area contributed by atoms with Crippen molar-refractivity contribution in [2.75, 3.05) is 26.2 Å². The molecule has 1 aliphatic heterocycles. The molecule has 1 aromatic heterocycles. The van der Waals surface area contributed by atoms with Gasteiger partial charge in [-0.1, -0.05) is 0 Å². The zero-order valence-electron chi connectivity index (χ0n) is 11.4. The summed E-state index contributed by atoms with van der Waals surface area (Å²) < 4.78 is 14.9. The van der Waals surface area contributed by atoms with Gasteiger partial charge >= 0.3 is 0 Å². The van der Waals surface area contributed by atoms with Crippen LogP contribution in [0.3, 0.4) is 0 Å². The summed E-state index contributed by atoms with van der Waals surface area (Å²) in [7, 11) is 0. The lowest BCUT2D eigenvalue weighted by molar-refractivity contribution is 0.278. The second-order valence-electron chi connectivity index (χ2n) is 5.09. The van der Waals surface area contributed by atoms with Gasteiger partial charge < -0.3 is 5.32 Å². The highest BCUT2D eigenvalue weighted by molar-refractivity contribution is 5.32. The Morgan fingerprint density at radius 1 is 1.10 bits per heavy atom. The quantitative estimate of drug-likeness (QED) is 0.926. The van der Waals surface area contributed by atoms with Crippen molar-refractivity contribution in [1.82, 2.24) is 20.0 Å². The average Bonchev–Trinajstić information content (AvgIpc) is 2.75. The Morgan fingerprint density at radius 3 is 2.80 bits per heavy atom. The fraction of sp³-hybridized carbons (Fsp3) is 0.400. The molecule has 0 radical (unpaired) electrons. The predicted molar refractivity (Wildman–Crippen MR) is 76.3 cm³/mol. The van der Waals surface area contributed by atoms with E-state index in [9.17, 15) is 4.39 Å². The summed E-state index contributed by atoms with van der Waals surface area (Å²) >= 11 is 0. The predicted octanol–water partition coefficient (Wildman–Crippen LogP) is 1.81. The molecule has 0 unspecified atom stereocenters. The number of hydrogen-bond donors (Lipinski definition) is 1. The van der Waals surface area contributed by atoms with Gasteiger partial charge in [0.25, 0.3) is 0 Å². The molecule has 106 valence electrons. The standard InChI is InChI=1S/C15H19FN4/c16-13-2-4-14(5-3-13)20-15(6-8-18-20)12-19-10-1-7-17-9-11-19/h2-6,8,17H,1,7,9-12H2. The van der Waals surface area contributed by atoms with Crippen LogP contribution in [0.4, 0.5) is 4.39 Å². The van der Waals surface area contributed by atoms with Gasteiger partial charge in [-0.05, 0) is 49.8 Å². The Morgan fingerprint density at radius 2 is 1.95 bits per heavy atom. The lowest BCUT2D eigenvalue weighted by Crippen LogP contribution is -2.28. The van der Waals surface area contributed by atoms with Crippen LogP contribution in [0.1, 0.15) is 12.1 Å². The molecule has 2 heterocycles. The van der Waals surface area contributed by atoms with Gasteiger partial charge in [0.05, 0.1) is 11.4 Å². The van der Waals surface area contributed by atoms with Crippen LogP contribution in [0, 0.1) is 5.82 Å². The average molecular weight is 274 g/mol. The van der Waals surface area contributed by atoms with Crippen molar-refractivity contribution in [2.45, 2.75) is 13.0 Å². The van der Waals surface area contributed by atoms with E-state index in [0.717, 1.165) is 44.1 Å². The first-order valence-electron chi connectivity index (χ1n) is 7.05. The van der Waals surface area contributed by atoms with Gasteiger partial charge in [0.2, 0.25) is 0 Å².